The normalized spacial score (nSPS) is 12.7. The minimum absolute atomic E-state index is 0.0339. The molecule has 0 amide bonds. The van der Waals surface area contributed by atoms with Crippen LogP contribution in [0.15, 0.2) is 15.5 Å². The van der Waals surface area contributed by atoms with Gasteiger partial charge in [-0.3, -0.25) is 4.79 Å². The smallest absolute Gasteiger partial charge is 0.283 e. The second kappa shape index (κ2) is 6.27. The lowest BCUT2D eigenvalue weighted by Crippen LogP contribution is -2.26. The third-order valence-corrected chi connectivity index (χ3v) is 5.16. The topological polar surface area (TPSA) is 59.8 Å². The molecule has 1 unspecified atom stereocenters. The summed E-state index contributed by atoms with van der Waals surface area (Å²) in [6, 6.07) is 0.107. The highest BCUT2D eigenvalue weighted by Gasteiger charge is 2.16. The van der Waals surface area contributed by atoms with E-state index in [1.807, 2.05) is 27.7 Å². The molecule has 0 spiro atoms. The number of thiazole rings is 1. The van der Waals surface area contributed by atoms with Crippen LogP contribution in [0.5, 0.6) is 0 Å². The molecule has 2 heterocycles. The number of hydrogen-bond acceptors (Lipinski definition) is 5. The molecular weight excluding hydrogens is 352 g/mol. The summed E-state index contributed by atoms with van der Waals surface area (Å²) in [5.74, 6) is 0. The van der Waals surface area contributed by atoms with Gasteiger partial charge in [0.1, 0.15) is 4.47 Å². The number of aromatic nitrogens is 3. The molecule has 0 aliphatic carbocycles. The first-order valence-electron chi connectivity index (χ1n) is 6.79. The van der Waals surface area contributed by atoms with E-state index in [9.17, 15) is 4.79 Å². The van der Waals surface area contributed by atoms with E-state index in [1.54, 1.807) is 17.5 Å². The Hall–Kier alpha value is -1.21. The monoisotopic (exact) mass is 370 g/mol. The predicted molar refractivity (Wildman–Crippen MR) is 90.2 cm³/mol. The molecule has 0 aliphatic rings. The Labute approximate surface area is 136 Å². The number of nitrogens with one attached hydrogen (secondary N) is 1. The zero-order valence-corrected chi connectivity index (χ0v) is 15.2. The van der Waals surface area contributed by atoms with E-state index in [0.29, 0.717) is 10.2 Å². The van der Waals surface area contributed by atoms with Crippen LogP contribution in [0.1, 0.15) is 48.4 Å². The predicted octanol–water partition coefficient (Wildman–Crippen LogP) is 3.83. The first-order valence-corrected chi connectivity index (χ1v) is 8.40. The Balaban J connectivity index is 2.30. The van der Waals surface area contributed by atoms with Crippen molar-refractivity contribution in [2.24, 2.45) is 0 Å². The van der Waals surface area contributed by atoms with Crippen molar-refractivity contribution in [2.45, 2.75) is 46.7 Å². The number of halogens is 1. The van der Waals surface area contributed by atoms with E-state index in [1.165, 1.54) is 9.56 Å². The van der Waals surface area contributed by atoms with Crippen molar-refractivity contribution in [3.05, 3.63) is 36.6 Å². The third-order valence-electron chi connectivity index (χ3n) is 3.14. The fourth-order valence-electron chi connectivity index (χ4n) is 2.16. The van der Waals surface area contributed by atoms with Crippen molar-refractivity contribution in [3.63, 3.8) is 0 Å². The van der Waals surface area contributed by atoms with Crippen molar-refractivity contribution in [1.82, 2.24) is 14.8 Å². The molecule has 0 radical (unpaired) electrons. The summed E-state index contributed by atoms with van der Waals surface area (Å²) in [5, 5.41) is 8.59. The number of aryl methyl sites for hydroxylation is 2. The highest BCUT2D eigenvalue weighted by Crippen LogP contribution is 2.29. The zero-order valence-electron chi connectivity index (χ0n) is 12.8. The number of hydrogen-bond donors (Lipinski definition) is 1. The van der Waals surface area contributed by atoms with Gasteiger partial charge in [0.15, 0.2) is 0 Å². The maximum absolute atomic E-state index is 12.2. The van der Waals surface area contributed by atoms with Gasteiger partial charge in [-0.15, -0.1) is 11.3 Å². The molecule has 2 rings (SSSR count). The van der Waals surface area contributed by atoms with E-state index in [-0.39, 0.29) is 17.6 Å². The molecular formula is C14H19BrN4OS. The lowest BCUT2D eigenvalue weighted by atomic mass is 10.2. The van der Waals surface area contributed by atoms with Gasteiger partial charge in [0.25, 0.3) is 5.56 Å². The molecule has 114 valence electrons. The average molecular weight is 371 g/mol. The van der Waals surface area contributed by atoms with Crippen LogP contribution in [0.3, 0.4) is 0 Å². The Bertz CT molecular complexity index is 707. The van der Waals surface area contributed by atoms with Gasteiger partial charge in [0.05, 0.1) is 34.7 Å². The SMILES string of the molecule is Cc1nc(C)c(C(C)Nc2cnn(C(C)C)c(=O)c2Br)s1. The van der Waals surface area contributed by atoms with Crippen LogP contribution >= 0.6 is 27.3 Å². The van der Waals surface area contributed by atoms with E-state index >= 15 is 0 Å². The van der Waals surface area contributed by atoms with E-state index in [2.05, 4.69) is 38.3 Å². The van der Waals surface area contributed by atoms with Gasteiger partial charge in [-0.1, -0.05) is 0 Å². The minimum atomic E-state index is -0.126. The number of nitrogens with zero attached hydrogens (tertiary/aromatic N) is 3. The standard InChI is InChI=1S/C14H19BrN4OS/c1-7(2)19-14(20)12(15)11(6-16-19)18-9(4)13-8(3)17-10(5)21-13/h6-7,9,18H,1-5H3. The van der Waals surface area contributed by atoms with Gasteiger partial charge >= 0.3 is 0 Å². The van der Waals surface area contributed by atoms with Gasteiger partial charge in [-0.05, 0) is 50.5 Å². The summed E-state index contributed by atoms with van der Waals surface area (Å²) < 4.78 is 1.97. The summed E-state index contributed by atoms with van der Waals surface area (Å²) >= 11 is 5.04. The van der Waals surface area contributed by atoms with Gasteiger partial charge in [-0.25, -0.2) is 9.67 Å². The van der Waals surface area contributed by atoms with E-state index < -0.39 is 0 Å². The fourth-order valence-corrected chi connectivity index (χ4v) is 3.49. The quantitative estimate of drug-likeness (QED) is 0.887. The molecule has 7 heteroatoms. The van der Waals surface area contributed by atoms with Crippen molar-refractivity contribution in [3.8, 4) is 0 Å². The lowest BCUT2D eigenvalue weighted by Gasteiger charge is -2.16. The Kier molecular flexibility index (Phi) is 4.83. The Morgan fingerprint density at radius 3 is 2.52 bits per heavy atom. The molecule has 5 nitrogen and oxygen atoms in total. The summed E-state index contributed by atoms with van der Waals surface area (Å²) in [7, 11) is 0. The van der Waals surface area contributed by atoms with Crippen LogP contribution in [-0.2, 0) is 0 Å². The van der Waals surface area contributed by atoms with Crippen LogP contribution in [0.4, 0.5) is 5.69 Å². The molecule has 0 bridgehead atoms. The molecule has 0 saturated carbocycles. The molecule has 21 heavy (non-hydrogen) atoms. The van der Waals surface area contributed by atoms with Crippen LogP contribution in [0.2, 0.25) is 0 Å². The van der Waals surface area contributed by atoms with Crippen LogP contribution < -0.4 is 10.9 Å². The molecule has 2 aromatic heterocycles. The molecule has 2 aromatic rings. The molecule has 1 N–H and O–H groups in total. The van der Waals surface area contributed by atoms with Crippen molar-refractivity contribution >= 4 is 33.0 Å². The second-order valence-corrected chi connectivity index (χ2v) is 7.29. The molecule has 0 aromatic carbocycles. The van der Waals surface area contributed by atoms with E-state index in [0.717, 1.165) is 10.7 Å². The zero-order chi connectivity index (χ0) is 15.7. The van der Waals surface area contributed by atoms with Crippen LogP contribution in [-0.4, -0.2) is 14.8 Å². The van der Waals surface area contributed by atoms with Gasteiger partial charge in [-0.2, -0.15) is 5.10 Å². The fraction of sp³-hybridized carbons (Fsp3) is 0.500. The van der Waals surface area contributed by atoms with Gasteiger partial charge in [0, 0.05) is 4.88 Å². The molecule has 0 fully saturated rings. The highest BCUT2D eigenvalue weighted by molar-refractivity contribution is 9.10. The van der Waals surface area contributed by atoms with Crippen LogP contribution in [0, 0.1) is 13.8 Å². The maximum Gasteiger partial charge on any atom is 0.283 e. The highest BCUT2D eigenvalue weighted by atomic mass is 79.9. The lowest BCUT2D eigenvalue weighted by molar-refractivity contribution is 0.501. The molecule has 0 aliphatic heterocycles. The summed E-state index contributed by atoms with van der Waals surface area (Å²) in [6.07, 6.45) is 1.69. The van der Waals surface area contributed by atoms with Gasteiger partial charge in [0.2, 0.25) is 0 Å². The average Bonchev–Trinajstić information content (AvgIpc) is 2.74. The summed E-state index contributed by atoms with van der Waals surface area (Å²) in [4.78, 5) is 17.8. The van der Waals surface area contributed by atoms with Crippen molar-refractivity contribution < 1.29 is 0 Å². The van der Waals surface area contributed by atoms with Crippen molar-refractivity contribution in [2.75, 3.05) is 5.32 Å². The van der Waals surface area contributed by atoms with E-state index in [4.69, 9.17) is 0 Å². The third kappa shape index (κ3) is 3.35. The largest absolute Gasteiger partial charge is 0.375 e. The van der Waals surface area contributed by atoms with Gasteiger partial charge < -0.3 is 5.32 Å². The Morgan fingerprint density at radius 1 is 1.33 bits per heavy atom. The molecule has 1 atom stereocenters. The minimum Gasteiger partial charge on any atom is -0.375 e. The first-order chi connectivity index (χ1) is 9.81. The summed E-state index contributed by atoms with van der Waals surface area (Å²) in [6.45, 7) is 9.91. The Morgan fingerprint density at radius 2 is 2.00 bits per heavy atom. The number of anilines is 1. The van der Waals surface area contributed by atoms with Crippen LogP contribution in [0.25, 0.3) is 0 Å². The van der Waals surface area contributed by atoms with Crippen molar-refractivity contribution in [1.29, 1.82) is 0 Å². The second-order valence-electron chi connectivity index (χ2n) is 5.26. The maximum atomic E-state index is 12.2. The molecule has 0 saturated heterocycles. The number of rotatable bonds is 4. The summed E-state index contributed by atoms with van der Waals surface area (Å²) in [5.41, 5.74) is 1.60. The first kappa shape index (κ1) is 16.2.